The lowest BCUT2D eigenvalue weighted by Gasteiger charge is -2.15. The summed E-state index contributed by atoms with van der Waals surface area (Å²) in [5.74, 6) is 0. The van der Waals surface area contributed by atoms with Crippen molar-refractivity contribution >= 4 is 0 Å². The molecule has 1 aromatic heterocycles. The van der Waals surface area contributed by atoms with Gasteiger partial charge in [-0.05, 0) is 19.2 Å². The summed E-state index contributed by atoms with van der Waals surface area (Å²) in [6.45, 7) is 0.356. The van der Waals surface area contributed by atoms with Crippen LogP contribution in [0.2, 0.25) is 0 Å². The molecule has 1 atom stereocenters. The molecule has 6 heteroatoms. The van der Waals surface area contributed by atoms with Gasteiger partial charge in [-0.2, -0.15) is 13.2 Å². The van der Waals surface area contributed by atoms with E-state index in [-0.39, 0.29) is 6.04 Å². The van der Waals surface area contributed by atoms with E-state index in [9.17, 15) is 13.2 Å². The van der Waals surface area contributed by atoms with Crippen LogP contribution in [-0.2, 0) is 10.9 Å². The molecule has 0 spiro atoms. The molecular formula is C10H13F3N2O. The number of methoxy groups -OCH3 is 1. The van der Waals surface area contributed by atoms with Crippen LogP contribution in [0.4, 0.5) is 13.2 Å². The molecule has 16 heavy (non-hydrogen) atoms. The molecule has 0 aliphatic heterocycles. The van der Waals surface area contributed by atoms with E-state index in [4.69, 9.17) is 4.74 Å². The fraction of sp³-hybridized carbons (Fsp3) is 0.500. The first-order valence-corrected chi connectivity index (χ1v) is 4.68. The van der Waals surface area contributed by atoms with Gasteiger partial charge in [0.1, 0.15) is 0 Å². The van der Waals surface area contributed by atoms with Crippen molar-refractivity contribution < 1.29 is 17.9 Å². The van der Waals surface area contributed by atoms with Crippen molar-refractivity contribution in [2.45, 2.75) is 12.2 Å². The van der Waals surface area contributed by atoms with Crippen molar-refractivity contribution in [3.8, 4) is 0 Å². The minimum atomic E-state index is -4.35. The molecule has 1 heterocycles. The molecule has 1 N–H and O–H groups in total. The van der Waals surface area contributed by atoms with Gasteiger partial charge in [-0.3, -0.25) is 4.98 Å². The zero-order chi connectivity index (χ0) is 12.2. The van der Waals surface area contributed by atoms with Gasteiger partial charge in [0.15, 0.2) is 0 Å². The maximum absolute atomic E-state index is 12.3. The van der Waals surface area contributed by atoms with Crippen molar-refractivity contribution in [3.05, 3.63) is 29.6 Å². The highest BCUT2D eigenvalue weighted by molar-refractivity contribution is 5.18. The van der Waals surface area contributed by atoms with Crippen molar-refractivity contribution in [2.24, 2.45) is 0 Å². The van der Waals surface area contributed by atoms with Gasteiger partial charge < -0.3 is 10.1 Å². The maximum atomic E-state index is 12.3. The predicted molar refractivity (Wildman–Crippen MR) is 52.9 cm³/mol. The third-order valence-electron chi connectivity index (χ3n) is 2.15. The summed E-state index contributed by atoms with van der Waals surface area (Å²) >= 11 is 0. The number of aromatic nitrogens is 1. The highest BCUT2D eigenvalue weighted by Gasteiger charge is 2.30. The monoisotopic (exact) mass is 234 g/mol. The molecule has 0 radical (unpaired) electrons. The number of hydrogen-bond acceptors (Lipinski definition) is 3. The zero-order valence-electron chi connectivity index (χ0n) is 9.01. The number of nitrogens with zero attached hydrogens (tertiary/aromatic N) is 1. The number of alkyl halides is 3. The Hall–Kier alpha value is -1.14. The van der Waals surface area contributed by atoms with Crippen molar-refractivity contribution in [1.82, 2.24) is 10.3 Å². The van der Waals surface area contributed by atoms with Crippen LogP contribution in [-0.4, -0.2) is 25.7 Å². The molecule has 0 fully saturated rings. The van der Waals surface area contributed by atoms with Gasteiger partial charge in [-0.25, -0.2) is 0 Å². The molecule has 0 saturated heterocycles. The summed E-state index contributed by atoms with van der Waals surface area (Å²) in [4.78, 5) is 3.77. The average Bonchev–Trinajstić information content (AvgIpc) is 2.25. The molecular weight excluding hydrogens is 221 g/mol. The first kappa shape index (κ1) is 12.9. The Morgan fingerprint density at radius 2 is 2.12 bits per heavy atom. The molecule has 1 rings (SSSR count). The third kappa shape index (κ3) is 3.18. The van der Waals surface area contributed by atoms with E-state index in [0.717, 1.165) is 12.3 Å². The quantitative estimate of drug-likeness (QED) is 0.865. The van der Waals surface area contributed by atoms with Crippen LogP contribution in [0.1, 0.15) is 17.3 Å². The Morgan fingerprint density at radius 3 is 2.50 bits per heavy atom. The number of ether oxygens (including phenoxy) is 1. The van der Waals surface area contributed by atoms with Gasteiger partial charge in [0, 0.05) is 13.3 Å². The van der Waals surface area contributed by atoms with Crippen LogP contribution < -0.4 is 5.32 Å². The molecule has 0 aliphatic carbocycles. The smallest absolute Gasteiger partial charge is 0.383 e. The zero-order valence-corrected chi connectivity index (χ0v) is 9.01. The molecule has 0 aromatic carbocycles. The normalized spacial score (nSPS) is 13.8. The van der Waals surface area contributed by atoms with E-state index in [1.54, 1.807) is 7.05 Å². The molecule has 3 nitrogen and oxygen atoms in total. The van der Waals surface area contributed by atoms with E-state index < -0.39 is 11.7 Å². The first-order valence-electron chi connectivity index (χ1n) is 4.68. The van der Waals surface area contributed by atoms with Gasteiger partial charge in [-0.15, -0.1) is 0 Å². The highest BCUT2D eigenvalue weighted by Crippen LogP contribution is 2.28. The van der Waals surface area contributed by atoms with Gasteiger partial charge in [0.25, 0.3) is 0 Å². The van der Waals surface area contributed by atoms with Gasteiger partial charge in [-0.1, -0.05) is 0 Å². The molecule has 1 aromatic rings. The van der Waals surface area contributed by atoms with Gasteiger partial charge >= 0.3 is 6.18 Å². The fourth-order valence-corrected chi connectivity index (χ4v) is 1.26. The number of pyridine rings is 1. The van der Waals surface area contributed by atoms with Crippen LogP contribution in [0.3, 0.4) is 0 Å². The van der Waals surface area contributed by atoms with Crippen LogP contribution in [0.15, 0.2) is 18.3 Å². The molecule has 0 aliphatic rings. The topological polar surface area (TPSA) is 34.1 Å². The Morgan fingerprint density at radius 1 is 1.44 bits per heavy atom. The minimum Gasteiger partial charge on any atom is -0.383 e. The largest absolute Gasteiger partial charge is 0.417 e. The van der Waals surface area contributed by atoms with Crippen molar-refractivity contribution in [2.75, 3.05) is 20.8 Å². The van der Waals surface area contributed by atoms with E-state index in [2.05, 4.69) is 10.3 Å². The van der Waals surface area contributed by atoms with Crippen molar-refractivity contribution in [1.29, 1.82) is 0 Å². The number of halogens is 3. The van der Waals surface area contributed by atoms with Crippen LogP contribution in [0.5, 0.6) is 0 Å². The molecule has 90 valence electrons. The standard InChI is InChI=1S/C10H13F3N2O/c1-14-9(6-16-2)8-4-3-7(5-15-8)10(11,12)13/h3-5,9,14H,6H2,1-2H3. The summed E-state index contributed by atoms with van der Waals surface area (Å²) in [7, 11) is 3.22. The molecule has 0 saturated carbocycles. The second-order valence-electron chi connectivity index (χ2n) is 3.27. The Bertz CT molecular complexity index is 324. The summed E-state index contributed by atoms with van der Waals surface area (Å²) in [5, 5.41) is 2.91. The van der Waals surface area contributed by atoms with E-state index in [0.29, 0.717) is 12.3 Å². The first-order chi connectivity index (χ1) is 7.49. The lowest BCUT2D eigenvalue weighted by Crippen LogP contribution is -2.22. The Kier molecular flexibility index (Phi) is 4.26. The average molecular weight is 234 g/mol. The summed E-state index contributed by atoms with van der Waals surface area (Å²) in [6, 6.07) is 2.16. The number of nitrogens with one attached hydrogen (secondary N) is 1. The van der Waals surface area contributed by atoms with E-state index >= 15 is 0 Å². The second-order valence-corrected chi connectivity index (χ2v) is 3.27. The van der Waals surface area contributed by atoms with Crippen LogP contribution in [0.25, 0.3) is 0 Å². The third-order valence-corrected chi connectivity index (χ3v) is 2.15. The van der Waals surface area contributed by atoms with Crippen LogP contribution >= 0.6 is 0 Å². The number of rotatable bonds is 4. The summed E-state index contributed by atoms with van der Waals surface area (Å²) < 4.78 is 41.7. The van der Waals surface area contributed by atoms with E-state index in [1.807, 2.05) is 0 Å². The lowest BCUT2D eigenvalue weighted by molar-refractivity contribution is -0.137. The fourth-order valence-electron chi connectivity index (χ4n) is 1.26. The maximum Gasteiger partial charge on any atom is 0.417 e. The lowest BCUT2D eigenvalue weighted by atomic mass is 10.1. The highest BCUT2D eigenvalue weighted by atomic mass is 19.4. The Labute approximate surface area is 91.6 Å². The van der Waals surface area contributed by atoms with E-state index in [1.165, 1.54) is 13.2 Å². The van der Waals surface area contributed by atoms with Gasteiger partial charge in [0.2, 0.25) is 0 Å². The summed E-state index contributed by atoms with van der Waals surface area (Å²) in [6.07, 6.45) is -3.52. The van der Waals surface area contributed by atoms with Gasteiger partial charge in [0.05, 0.1) is 23.9 Å². The van der Waals surface area contributed by atoms with Crippen molar-refractivity contribution in [3.63, 3.8) is 0 Å². The Balaban J connectivity index is 2.85. The number of likely N-dealkylation sites (N-methyl/N-ethyl adjacent to an activating group) is 1. The molecule has 0 bridgehead atoms. The SMILES string of the molecule is CNC(COC)c1ccc(C(F)(F)F)cn1. The van der Waals surface area contributed by atoms with Crippen LogP contribution in [0, 0.1) is 0 Å². The predicted octanol–water partition coefficient (Wildman–Crippen LogP) is 2.01. The summed E-state index contributed by atoms with van der Waals surface area (Å²) in [5.41, 5.74) is -0.221. The number of hydrogen-bond donors (Lipinski definition) is 1. The molecule has 1 unspecified atom stereocenters. The minimum absolute atomic E-state index is 0.202. The second kappa shape index (κ2) is 5.27. The molecule has 0 amide bonds.